The summed E-state index contributed by atoms with van der Waals surface area (Å²) in [5.74, 6) is 0. The third kappa shape index (κ3) is 1.84. The number of nitrogens with zero attached hydrogens (tertiary/aromatic N) is 1. The van der Waals surface area contributed by atoms with E-state index in [0.29, 0.717) is 0 Å². The van der Waals surface area contributed by atoms with Crippen molar-refractivity contribution in [3.05, 3.63) is 23.3 Å². The SMILES string of the molecule is CCN(CC)c1ccc(N)c(C)c1C. The first-order valence-corrected chi connectivity index (χ1v) is 5.22. The molecule has 0 unspecified atom stereocenters. The smallest absolute Gasteiger partial charge is 0.0399 e. The van der Waals surface area contributed by atoms with Crippen LogP contribution in [0.25, 0.3) is 0 Å². The Morgan fingerprint density at radius 3 is 2.14 bits per heavy atom. The molecule has 1 aromatic carbocycles. The van der Waals surface area contributed by atoms with Gasteiger partial charge in [0.25, 0.3) is 0 Å². The molecule has 0 bridgehead atoms. The molecule has 0 amide bonds. The minimum atomic E-state index is 0.887. The average Bonchev–Trinajstić information content (AvgIpc) is 2.19. The third-order valence-corrected chi connectivity index (χ3v) is 2.90. The van der Waals surface area contributed by atoms with Gasteiger partial charge in [-0.25, -0.2) is 0 Å². The topological polar surface area (TPSA) is 29.3 Å². The highest BCUT2D eigenvalue weighted by atomic mass is 15.1. The Balaban J connectivity index is 3.16. The van der Waals surface area contributed by atoms with Gasteiger partial charge in [0.1, 0.15) is 0 Å². The Bertz CT molecular complexity index is 314. The van der Waals surface area contributed by atoms with E-state index in [2.05, 4.69) is 38.7 Å². The average molecular weight is 192 g/mol. The van der Waals surface area contributed by atoms with Crippen LogP contribution in [0.4, 0.5) is 11.4 Å². The maximum atomic E-state index is 5.85. The van der Waals surface area contributed by atoms with Gasteiger partial charge < -0.3 is 10.6 Å². The molecule has 0 aliphatic carbocycles. The van der Waals surface area contributed by atoms with Gasteiger partial charge in [-0.3, -0.25) is 0 Å². The highest BCUT2D eigenvalue weighted by Crippen LogP contribution is 2.26. The summed E-state index contributed by atoms with van der Waals surface area (Å²) in [6, 6.07) is 4.11. The van der Waals surface area contributed by atoms with Crippen LogP contribution in [0.3, 0.4) is 0 Å². The maximum absolute atomic E-state index is 5.85. The molecule has 1 aromatic rings. The number of hydrogen-bond acceptors (Lipinski definition) is 2. The van der Waals surface area contributed by atoms with Crippen LogP contribution in [0.5, 0.6) is 0 Å². The van der Waals surface area contributed by atoms with E-state index in [1.165, 1.54) is 16.8 Å². The van der Waals surface area contributed by atoms with Gasteiger partial charge in [-0.05, 0) is 51.0 Å². The lowest BCUT2D eigenvalue weighted by Crippen LogP contribution is -2.23. The molecule has 1 rings (SSSR count). The van der Waals surface area contributed by atoms with Crippen LogP contribution >= 0.6 is 0 Å². The van der Waals surface area contributed by atoms with E-state index in [0.717, 1.165) is 18.8 Å². The number of hydrogen-bond donors (Lipinski definition) is 1. The Kier molecular flexibility index (Phi) is 3.39. The van der Waals surface area contributed by atoms with Crippen molar-refractivity contribution < 1.29 is 0 Å². The van der Waals surface area contributed by atoms with Crippen LogP contribution in [0.2, 0.25) is 0 Å². The quantitative estimate of drug-likeness (QED) is 0.746. The molecule has 14 heavy (non-hydrogen) atoms. The molecule has 0 aliphatic heterocycles. The Morgan fingerprint density at radius 1 is 1.07 bits per heavy atom. The number of nitrogens with two attached hydrogens (primary N) is 1. The summed E-state index contributed by atoms with van der Waals surface area (Å²) in [4.78, 5) is 2.35. The molecular weight excluding hydrogens is 172 g/mol. The van der Waals surface area contributed by atoms with Gasteiger partial charge in [0.2, 0.25) is 0 Å². The van der Waals surface area contributed by atoms with Crippen molar-refractivity contribution in [1.29, 1.82) is 0 Å². The van der Waals surface area contributed by atoms with Crippen LogP contribution in [0, 0.1) is 13.8 Å². The molecule has 0 fully saturated rings. The highest BCUT2D eigenvalue weighted by Gasteiger charge is 2.08. The van der Waals surface area contributed by atoms with E-state index in [9.17, 15) is 0 Å². The maximum Gasteiger partial charge on any atom is 0.0399 e. The van der Waals surface area contributed by atoms with Crippen molar-refractivity contribution in [3.8, 4) is 0 Å². The molecule has 2 N–H and O–H groups in total. The second-order valence-corrected chi connectivity index (χ2v) is 3.60. The van der Waals surface area contributed by atoms with E-state index in [4.69, 9.17) is 5.73 Å². The first kappa shape index (κ1) is 10.9. The lowest BCUT2D eigenvalue weighted by molar-refractivity contribution is 0.861. The summed E-state index contributed by atoms with van der Waals surface area (Å²) >= 11 is 0. The fourth-order valence-electron chi connectivity index (χ4n) is 1.73. The second-order valence-electron chi connectivity index (χ2n) is 3.60. The van der Waals surface area contributed by atoms with E-state index < -0.39 is 0 Å². The fourth-order valence-corrected chi connectivity index (χ4v) is 1.73. The third-order valence-electron chi connectivity index (χ3n) is 2.90. The lowest BCUT2D eigenvalue weighted by Gasteiger charge is -2.24. The molecule has 0 atom stereocenters. The van der Waals surface area contributed by atoms with Crippen LogP contribution in [-0.4, -0.2) is 13.1 Å². The molecule has 0 aromatic heterocycles. The summed E-state index contributed by atoms with van der Waals surface area (Å²) in [6.45, 7) is 10.7. The van der Waals surface area contributed by atoms with Gasteiger partial charge in [0.05, 0.1) is 0 Å². The molecule has 0 radical (unpaired) electrons. The first-order valence-electron chi connectivity index (χ1n) is 5.22. The Labute approximate surface area is 86.7 Å². The van der Waals surface area contributed by atoms with Gasteiger partial charge >= 0.3 is 0 Å². The fraction of sp³-hybridized carbons (Fsp3) is 0.500. The molecule has 0 saturated heterocycles. The van der Waals surface area contributed by atoms with Gasteiger partial charge in [0.15, 0.2) is 0 Å². The van der Waals surface area contributed by atoms with Gasteiger partial charge in [-0.15, -0.1) is 0 Å². The zero-order valence-electron chi connectivity index (χ0n) is 9.59. The molecule has 2 nitrogen and oxygen atoms in total. The Hall–Kier alpha value is -1.18. The molecule has 78 valence electrons. The zero-order chi connectivity index (χ0) is 10.7. The number of nitrogen functional groups attached to an aromatic ring is 1. The number of rotatable bonds is 3. The van der Waals surface area contributed by atoms with Gasteiger partial charge in [-0.1, -0.05) is 0 Å². The summed E-state index contributed by atoms with van der Waals surface area (Å²) < 4.78 is 0. The van der Waals surface area contributed by atoms with Crippen LogP contribution in [0.15, 0.2) is 12.1 Å². The van der Waals surface area contributed by atoms with Crippen LogP contribution < -0.4 is 10.6 Å². The summed E-state index contributed by atoms with van der Waals surface area (Å²) in [5, 5.41) is 0. The van der Waals surface area contributed by atoms with Crippen molar-refractivity contribution in [2.45, 2.75) is 27.7 Å². The lowest BCUT2D eigenvalue weighted by atomic mass is 10.1. The minimum Gasteiger partial charge on any atom is -0.399 e. The molecule has 2 heteroatoms. The molecule has 0 saturated carbocycles. The van der Waals surface area contributed by atoms with Crippen molar-refractivity contribution in [1.82, 2.24) is 0 Å². The summed E-state index contributed by atoms with van der Waals surface area (Å²) in [7, 11) is 0. The van der Waals surface area contributed by atoms with Crippen molar-refractivity contribution in [2.75, 3.05) is 23.7 Å². The predicted molar refractivity (Wildman–Crippen MR) is 63.9 cm³/mol. The van der Waals surface area contributed by atoms with Crippen LogP contribution in [0.1, 0.15) is 25.0 Å². The van der Waals surface area contributed by atoms with E-state index in [1.54, 1.807) is 0 Å². The zero-order valence-corrected chi connectivity index (χ0v) is 9.59. The van der Waals surface area contributed by atoms with E-state index in [1.807, 2.05) is 6.07 Å². The number of benzene rings is 1. The van der Waals surface area contributed by atoms with Gasteiger partial charge in [0, 0.05) is 24.5 Å². The minimum absolute atomic E-state index is 0.887. The second kappa shape index (κ2) is 4.36. The first-order chi connectivity index (χ1) is 6.61. The molecule has 0 heterocycles. The molecular formula is C12H20N2. The molecule has 0 spiro atoms. The summed E-state index contributed by atoms with van der Waals surface area (Å²) in [6.07, 6.45) is 0. The van der Waals surface area contributed by atoms with Crippen LogP contribution in [-0.2, 0) is 0 Å². The van der Waals surface area contributed by atoms with Crippen molar-refractivity contribution >= 4 is 11.4 Å². The van der Waals surface area contributed by atoms with Gasteiger partial charge in [-0.2, -0.15) is 0 Å². The predicted octanol–water partition coefficient (Wildman–Crippen LogP) is 2.73. The van der Waals surface area contributed by atoms with Crippen molar-refractivity contribution in [2.24, 2.45) is 0 Å². The molecule has 0 aliphatic rings. The largest absolute Gasteiger partial charge is 0.399 e. The normalized spacial score (nSPS) is 10.3. The highest BCUT2D eigenvalue weighted by molar-refractivity contribution is 5.64. The van der Waals surface area contributed by atoms with E-state index in [-0.39, 0.29) is 0 Å². The Morgan fingerprint density at radius 2 is 1.64 bits per heavy atom. The van der Waals surface area contributed by atoms with E-state index >= 15 is 0 Å². The summed E-state index contributed by atoms with van der Waals surface area (Å²) in [5.41, 5.74) is 10.6. The number of anilines is 2. The standard InChI is InChI=1S/C12H20N2/c1-5-14(6-2)12-8-7-11(13)9(3)10(12)4/h7-8H,5-6,13H2,1-4H3. The monoisotopic (exact) mass is 192 g/mol. The van der Waals surface area contributed by atoms with Crippen molar-refractivity contribution in [3.63, 3.8) is 0 Å².